The minimum absolute atomic E-state index is 0.0564. The Morgan fingerprint density at radius 1 is 1.29 bits per heavy atom. The van der Waals surface area contributed by atoms with Crippen LogP contribution in [0.25, 0.3) is 0 Å². The molecular weight excluding hydrogens is 306 g/mol. The van der Waals surface area contributed by atoms with Crippen LogP contribution in [0.15, 0.2) is 30.5 Å². The molecule has 0 atom stereocenters. The van der Waals surface area contributed by atoms with Crippen LogP contribution in [0.5, 0.6) is 0 Å². The molecule has 1 aliphatic heterocycles. The van der Waals surface area contributed by atoms with Crippen molar-refractivity contribution in [1.29, 1.82) is 0 Å². The lowest BCUT2D eigenvalue weighted by atomic mass is 10.0. The zero-order valence-corrected chi connectivity index (χ0v) is 13.9. The highest BCUT2D eigenvalue weighted by atomic mass is 16.6. The quantitative estimate of drug-likeness (QED) is 0.686. The van der Waals surface area contributed by atoms with E-state index >= 15 is 0 Å². The van der Waals surface area contributed by atoms with Gasteiger partial charge in [-0.25, -0.2) is 9.97 Å². The number of aromatic nitrogens is 2. The smallest absolute Gasteiger partial charge is 0.290 e. The Balaban J connectivity index is 1.59. The van der Waals surface area contributed by atoms with Gasteiger partial charge < -0.3 is 10.2 Å². The molecule has 1 saturated heterocycles. The summed E-state index contributed by atoms with van der Waals surface area (Å²) < 4.78 is 0. The molecule has 126 valence electrons. The molecule has 0 aromatic carbocycles. The largest absolute Gasteiger partial charge is 0.367 e. The number of hydrogen-bond acceptors (Lipinski definition) is 6. The van der Waals surface area contributed by atoms with E-state index in [4.69, 9.17) is 0 Å². The van der Waals surface area contributed by atoms with Crippen LogP contribution in [-0.2, 0) is 0 Å². The molecule has 1 aliphatic rings. The predicted molar refractivity (Wildman–Crippen MR) is 93.5 cm³/mol. The van der Waals surface area contributed by atoms with Crippen molar-refractivity contribution >= 4 is 17.3 Å². The van der Waals surface area contributed by atoms with E-state index < -0.39 is 4.92 Å². The van der Waals surface area contributed by atoms with Gasteiger partial charge >= 0.3 is 0 Å². The predicted octanol–water partition coefficient (Wildman–Crippen LogP) is 3.08. The first-order chi connectivity index (χ1) is 11.5. The summed E-state index contributed by atoms with van der Waals surface area (Å²) in [6.07, 6.45) is 3.28. The Labute approximate surface area is 140 Å². The lowest BCUT2D eigenvalue weighted by Gasteiger charge is -2.33. The average molecular weight is 327 g/mol. The summed E-state index contributed by atoms with van der Waals surface area (Å²) in [7, 11) is 0. The van der Waals surface area contributed by atoms with Gasteiger partial charge in [-0.2, -0.15) is 0 Å². The van der Waals surface area contributed by atoms with E-state index in [0.29, 0.717) is 17.4 Å². The molecule has 1 N–H and O–H groups in total. The zero-order valence-electron chi connectivity index (χ0n) is 13.9. The van der Waals surface area contributed by atoms with Crippen LogP contribution in [0.4, 0.5) is 17.3 Å². The second-order valence-corrected chi connectivity index (χ2v) is 6.16. The van der Waals surface area contributed by atoms with Gasteiger partial charge in [-0.05, 0) is 44.9 Å². The topological polar surface area (TPSA) is 84.2 Å². The van der Waals surface area contributed by atoms with Crippen molar-refractivity contribution in [2.75, 3.05) is 23.3 Å². The maximum absolute atomic E-state index is 10.9. The van der Waals surface area contributed by atoms with Crippen molar-refractivity contribution < 1.29 is 4.92 Å². The molecular formula is C17H21N5O2. The number of nitro groups is 1. The molecule has 24 heavy (non-hydrogen) atoms. The molecule has 3 heterocycles. The Morgan fingerprint density at radius 3 is 2.67 bits per heavy atom. The number of anilines is 2. The van der Waals surface area contributed by atoms with Crippen LogP contribution >= 0.6 is 0 Å². The number of aryl methyl sites for hydroxylation is 2. The van der Waals surface area contributed by atoms with Gasteiger partial charge in [-0.15, -0.1) is 0 Å². The first-order valence-electron chi connectivity index (χ1n) is 8.09. The fraction of sp³-hybridized carbons (Fsp3) is 0.412. The molecule has 3 rings (SSSR count). The standard InChI is InChI=1S/C17H21N5O2/c1-12-10-16(18-11-15(12)22(23)24)20-14-6-8-21(9-7-14)17-5-3-4-13(2)19-17/h3-5,10-11,14H,6-9H2,1-2H3,(H,18,20). The molecule has 0 saturated carbocycles. The maximum atomic E-state index is 10.9. The van der Waals surface area contributed by atoms with Crippen LogP contribution in [-0.4, -0.2) is 34.0 Å². The summed E-state index contributed by atoms with van der Waals surface area (Å²) in [5.41, 5.74) is 1.71. The normalized spacial score (nSPS) is 15.3. The fourth-order valence-electron chi connectivity index (χ4n) is 2.99. The van der Waals surface area contributed by atoms with Gasteiger partial charge in [0.05, 0.1) is 4.92 Å². The molecule has 0 spiro atoms. The zero-order chi connectivity index (χ0) is 17.1. The van der Waals surface area contributed by atoms with Gasteiger partial charge in [0.25, 0.3) is 5.69 Å². The first-order valence-corrected chi connectivity index (χ1v) is 8.09. The highest BCUT2D eigenvalue weighted by Crippen LogP contribution is 2.23. The van der Waals surface area contributed by atoms with Crippen LogP contribution in [0.1, 0.15) is 24.1 Å². The Bertz CT molecular complexity index is 742. The van der Waals surface area contributed by atoms with Gasteiger partial charge in [0.1, 0.15) is 17.8 Å². The van der Waals surface area contributed by atoms with E-state index in [1.165, 1.54) is 6.20 Å². The van der Waals surface area contributed by atoms with Crippen LogP contribution < -0.4 is 10.2 Å². The molecule has 0 amide bonds. The van der Waals surface area contributed by atoms with E-state index in [1.807, 2.05) is 25.1 Å². The van der Waals surface area contributed by atoms with E-state index in [0.717, 1.165) is 37.4 Å². The first kappa shape index (κ1) is 16.2. The number of piperidine rings is 1. The van der Waals surface area contributed by atoms with Crippen molar-refractivity contribution in [3.8, 4) is 0 Å². The van der Waals surface area contributed by atoms with Crippen molar-refractivity contribution in [2.45, 2.75) is 32.7 Å². The van der Waals surface area contributed by atoms with Crippen molar-refractivity contribution in [2.24, 2.45) is 0 Å². The molecule has 2 aromatic rings. The van der Waals surface area contributed by atoms with E-state index in [2.05, 4.69) is 20.2 Å². The SMILES string of the molecule is Cc1cccc(N2CCC(Nc3cc(C)c([N+](=O)[O-])cn3)CC2)n1. The minimum atomic E-state index is -0.403. The summed E-state index contributed by atoms with van der Waals surface area (Å²) in [6, 6.07) is 8.14. The summed E-state index contributed by atoms with van der Waals surface area (Å²) in [4.78, 5) is 21.5. The van der Waals surface area contributed by atoms with Gasteiger partial charge in [-0.3, -0.25) is 10.1 Å². The van der Waals surface area contributed by atoms with E-state index in [9.17, 15) is 10.1 Å². The molecule has 0 aliphatic carbocycles. The number of pyridine rings is 2. The molecule has 7 heteroatoms. The van der Waals surface area contributed by atoms with Gasteiger partial charge in [0.15, 0.2) is 0 Å². The van der Waals surface area contributed by atoms with Gasteiger partial charge in [0.2, 0.25) is 0 Å². The minimum Gasteiger partial charge on any atom is -0.367 e. The number of hydrogen-bond donors (Lipinski definition) is 1. The summed E-state index contributed by atoms with van der Waals surface area (Å²) in [5.74, 6) is 1.72. The number of nitrogens with one attached hydrogen (secondary N) is 1. The third kappa shape index (κ3) is 3.61. The second-order valence-electron chi connectivity index (χ2n) is 6.16. The molecule has 2 aromatic heterocycles. The highest BCUT2D eigenvalue weighted by molar-refractivity contribution is 5.47. The summed E-state index contributed by atoms with van der Waals surface area (Å²) >= 11 is 0. The lowest BCUT2D eigenvalue weighted by molar-refractivity contribution is -0.385. The lowest BCUT2D eigenvalue weighted by Crippen LogP contribution is -2.39. The summed E-state index contributed by atoms with van der Waals surface area (Å²) in [6.45, 7) is 5.59. The van der Waals surface area contributed by atoms with Crippen molar-refractivity contribution in [3.05, 3.63) is 51.8 Å². The Morgan fingerprint density at radius 2 is 2.04 bits per heavy atom. The van der Waals surface area contributed by atoms with Crippen LogP contribution in [0.3, 0.4) is 0 Å². The van der Waals surface area contributed by atoms with Crippen LogP contribution in [0.2, 0.25) is 0 Å². The van der Waals surface area contributed by atoms with Crippen molar-refractivity contribution in [1.82, 2.24) is 9.97 Å². The van der Waals surface area contributed by atoms with Crippen molar-refractivity contribution in [3.63, 3.8) is 0 Å². The Hall–Kier alpha value is -2.70. The fourth-order valence-corrected chi connectivity index (χ4v) is 2.99. The Kier molecular flexibility index (Phi) is 4.59. The monoisotopic (exact) mass is 327 g/mol. The molecule has 7 nitrogen and oxygen atoms in total. The van der Waals surface area contributed by atoms with E-state index in [1.54, 1.807) is 13.0 Å². The molecule has 0 unspecified atom stereocenters. The van der Waals surface area contributed by atoms with E-state index in [-0.39, 0.29) is 5.69 Å². The molecule has 0 bridgehead atoms. The molecule has 1 fully saturated rings. The maximum Gasteiger partial charge on any atom is 0.290 e. The molecule has 0 radical (unpaired) electrons. The highest BCUT2D eigenvalue weighted by Gasteiger charge is 2.21. The van der Waals surface area contributed by atoms with Crippen LogP contribution in [0, 0.1) is 24.0 Å². The van der Waals surface area contributed by atoms with Gasteiger partial charge in [0, 0.05) is 30.4 Å². The third-order valence-electron chi connectivity index (χ3n) is 4.32. The average Bonchev–Trinajstić information content (AvgIpc) is 2.55. The third-order valence-corrected chi connectivity index (χ3v) is 4.32. The number of nitrogens with zero attached hydrogens (tertiary/aromatic N) is 4. The summed E-state index contributed by atoms with van der Waals surface area (Å²) in [5, 5.41) is 14.2. The van der Waals surface area contributed by atoms with Gasteiger partial charge in [-0.1, -0.05) is 6.07 Å². The second kappa shape index (κ2) is 6.82. The number of rotatable bonds is 4.